The van der Waals surface area contributed by atoms with Crippen LogP contribution in [0.3, 0.4) is 0 Å². The first-order valence-corrected chi connectivity index (χ1v) is 2.20. The van der Waals surface area contributed by atoms with Crippen LogP contribution in [0.15, 0.2) is 24.3 Å². The van der Waals surface area contributed by atoms with Crippen LogP contribution in [0, 0.1) is 11.6 Å². The van der Waals surface area contributed by atoms with E-state index in [9.17, 15) is 8.78 Å². The normalized spacial score (nSPS) is 8.22. The first kappa shape index (κ1) is 9.08. The van der Waals surface area contributed by atoms with Crippen LogP contribution in [0.4, 0.5) is 8.78 Å². The van der Waals surface area contributed by atoms with Crippen LogP contribution in [0.25, 0.3) is 0 Å². The average molecular weight is 137 g/mol. The van der Waals surface area contributed by atoms with Crippen LogP contribution >= 0.6 is 0 Å². The van der Waals surface area contributed by atoms with E-state index < -0.39 is 11.6 Å². The Morgan fingerprint density at radius 1 is 0.778 bits per heavy atom. The minimum Gasteiger partial charge on any atom is -0.207 e. The summed E-state index contributed by atoms with van der Waals surface area (Å²) < 4.78 is 23.8. The molecule has 43 valence electrons. The summed E-state index contributed by atoms with van der Waals surface area (Å²) in [6, 6.07) is 4.31. The molecule has 0 aliphatic heterocycles. The van der Waals surface area contributed by atoms with E-state index >= 15 is 0 Å². The average Bonchev–Trinajstić information content (AvgIpc) is 1.77. The van der Waals surface area contributed by atoms with Crippen LogP contribution in [0.5, 0.6) is 0 Å². The molecule has 0 aliphatic rings. The second-order valence-corrected chi connectivity index (χ2v) is 1.44. The van der Waals surface area contributed by atoms with Crippen LogP contribution in [0.1, 0.15) is 0 Å². The topological polar surface area (TPSA) is 0 Å². The van der Waals surface area contributed by atoms with Crippen LogP contribution in [0.2, 0.25) is 0 Å². The Kier molecular flexibility index (Phi) is 4.02. The molecule has 0 N–H and O–H groups in total. The van der Waals surface area contributed by atoms with Gasteiger partial charge in [0.05, 0.1) is 0 Å². The van der Waals surface area contributed by atoms with E-state index in [4.69, 9.17) is 0 Å². The van der Waals surface area contributed by atoms with Gasteiger partial charge in [-0.15, -0.1) is 0 Å². The molecule has 0 spiro atoms. The molecule has 0 unspecified atom stereocenters. The summed E-state index contributed by atoms with van der Waals surface area (Å²) >= 11 is 0. The van der Waals surface area contributed by atoms with Crippen molar-refractivity contribution in [1.29, 1.82) is 0 Å². The standard InChI is InChI=1S/C6H4F2.Na/c7-5-1-2-6(8)4-3-5;/h1-4H;. The van der Waals surface area contributed by atoms with Crippen molar-refractivity contribution in [2.24, 2.45) is 0 Å². The van der Waals surface area contributed by atoms with Gasteiger partial charge in [0, 0.05) is 29.6 Å². The summed E-state index contributed by atoms with van der Waals surface area (Å²) in [7, 11) is 0. The van der Waals surface area contributed by atoms with Crippen molar-refractivity contribution in [1.82, 2.24) is 0 Å². The van der Waals surface area contributed by atoms with Crippen LogP contribution in [-0.2, 0) is 0 Å². The van der Waals surface area contributed by atoms with Gasteiger partial charge in [-0.1, -0.05) is 0 Å². The maximum Gasteiger partial charge on any atom is 0.123 e. The largest absolute Gasteiger partial charge is 0.207 e. The Bertz CT molecular complexity index is 150. The SMILES string of the molecule is Fc1ccc(F)cc1.[Na]. The smallest absolute Gasteiger partial charge is 0.123 e. The molecular weight excluding hydrogens is 133 g/mol. The van der Waals surface area contributed by atoms with Gasteiger partial charge in [-0.2, -0.15) is 0 Å². The molecule has 3 heteroatoms. The molecule has 1 aromatic rings. The Labute approximate surface area is 74.2 Å². The zero-order valence-corrected chi connectivity index (χ0v) is 7.07. The molecule has 1 radical (unpaired) electrons. The molecule has 0 atom stereocenters. The molecule has 0 aromatic heterocycles. The van der Waals surface area contributed by atoms with Crippen molar-refractivity contribution >= 4 is 29.6 Å². The second kappa shape index (κ2) is 3.99. The van der Waals surface area contributed by atoms with Gasteiger partial charge in [-0.05, 0) is 24.3 Å². The van der Waals surface area contributed by atoms with Gasteiger partial charge in [0.15, 0.2) is 0 Å². The van der Waals surface area contributed by atoms with Crippen LogP contribution < -0.4 is 0 Å². The predicted octanol–water partition coefficient (Wildman–Crippen LogP) is 1.58. The van der Waals surface area contributed by atoms with E-state index in [1.165, 1.54) is 0 Å². The molecule has 0 aliphatic carbocycles. The Balaban J connectivity index is 0.000000640. The van der Waals surface area contributed by atoms with Gasteiger partial charge in [0.25, 0.3) is 0 Å². The molecule has 0 amide bonds. The first-order valence-electron chi connectivity index (χ1n) is 2.20. The third-order valence-electron chi connectivity index (χ3n) is 0.804. The van der Waals surface area contributed by atoms with E-state index in [0.717, 1.165) is 24.3 Å². The Morgan fingerprint density at radius 2 is 1.00 bits per heavy atom. The van der Waals surface area contributed by atoms with Gasteiger partial charge in [-0.3, -0.25) is 0 Å². The Morgan fingerprint density at radius 3 is 1.22 bits per heavy atom. The molecule has 0 bridgehead atoms. The number of benzene rings is 1. The molecule has 1 rings (SSSR count). The molecule has 0 fully saturated rings. The molecule has 0 nitrogen and oxygen atoms in total. The summed E-state index contributed by atoms with van der Waals surface area (Å²) in [6.07, 6.45) is 0. The maximum absolute atomic E-state index is 11.9. The summed E-state index contributed by atoms with van der Waals surface area (Å²) in [5, 5.41) is 0. The summed E-state index contributed by atoms with van der Waals surface area (Å²) in [4.78, 5) is 0. The molecule has 9 heavy (non-hydrogen) atoms. The van der Waals surface area contributed by atoms with Crippen molar-refractivity contribution < 1.29 is 8.78 Å². The van der Waals surface area contributed by atoms with Crippen molar-refractivity contribution in [3.8, 4) is 0 Å². The predicted molar refractivity (Wildman–Crippen MR) is 32.1 cm³/mol. The van der Waals surface area contributed by atoms with Gasteiger partial charge in [-0.25, -0.2) is 8.78 Å². The molecule has 1 aromatic carbocycles. The molecule has 0 saturated heterocycles. The fraction of sp³-hybridized carbons (Fsp3) is 0. The van der Waals surface area contributed by atoms with E-state index in [1.807, 2.05) is 0 Å². The summed E-state index contributed by atoms with van der Waals surface area (Å²) in [5.74, 6) is -0.821. The zero-order chi connectivity index (χ0) is 5.98. The van der Waals surface area contributed by atoms with Gasteiger partial charge in [0.1, 0.15) is 11.6 Å². The monoisotopic (exact) mass is 137 g/mol. The second-order valence-electron chi connectivity index (χ2n) is 1.44. The maximum atomic E-state index is 11.9. The zero-order valence-electron chi connectivity index (χ0n) is 5.07. The Hall–Kier alpha value is 0.0800. The minimum atomic E-state index is -0.411. The van der Waals surface area contributed by atoms with E-state index in [2.05, 4.69) is 0 Å². The van der Waals surface area contributed by atoms with E-state index in [0.29, 0.717) is 0 Å². The van der Waals surface area contributed by atoms with Gasteiger partial charge in [0.2, 0.25) is 0 Å². The molecule has 0 saturated carbocycles. The minimum absolute atomic E-state index is 0. The fourth-order valence-electron chi connectivity index (χ4n) is 0.430. The van der Waals surface area contributed by atoms with Gasteiger partial charge < -0.3 is 0 Å². The summed E-state index contributed by atoms with van der Waals surface area (Å²) in [5.41, 5.74) is 0. The fourth-order valence-corrected chi connectivity index (χ4v) is 0.430. The van der Waals surface area contributed by atoms with Crippen molar-refractivity contribution in [3.05, 3.63) is 35.9 Å². The number of hydrogen-bond donors (Lipinski definition) is 0. The van der Waals surface area contributed by atoms with Crippen molar-refractivity contribution in [2.45, 2.75) is 0 Å². The van der Waals surface area contributed by atoms with Crippen molar-refractivity contribution in [2.75, 3.05) is 0 Å². The number of rotatable bonds is 0. The molecular formula is C6H4F2Na. The first-order chi connectivity index (χ1) is 3.79. The van der Waals surface area contributed by atoms with Crippen molar-refractivity contribution in [3.63, 3.8) is 0 Å². The van der Waals surface area contributed by atoms with E-state index in [-0.39, 0.29) is 29.6 Å². The third-order valence-corrected chi connectivity index (χ3v) is 0.804. The summed E-state index contributed by atoms with van der Waals surface area (Å²) in [6.45, 7) is 0. The third kappa shape index (κ3) is 2.94. The van der Waals surface area contributed by atoms with Crippen LogP contribution in [-0.4, -0.2) is 29.6 Å². The van der Waals surface area contributed by atoms with Gasteiger partial charge >= 0.3 is 0 Å². The number of halogens is 2. The van der Waals surface area contributed by atoms with E-state index in [1.54, 1.807) is 0 Å². The number of hydrogen-bond acceptors (Lipinski definition) is 0. The quantitative estimate of drug-likeness (QED) is 0.476. The molecule has 0 heterocycles.